The maximum Gasteiger partial charge on any atom is 0.223 e. The van der Waals surface area contributed by atoms with Crippen LogP contribution < -0.4 is 4.74 Å². The molecule has 1 heterocycles. The van der Waals surface area contributed by atoms with Crippen molar-refractivity contribution in [2.45, 2.75) is 32.7 Å². The SMILES string of the molecule is CCCC1CC(=O)N(Cc2cc(C=O)ccc2OC)C1. The summed E-state index contributed by atoms with van der Waals surface area (Å²) < 4.78 is 5.31. The highest BCUT2D eigenvalue weighted by Gasteiger charge is 2.29. The van der Waals surface area contributed by atoms with Gasteiger partial charge in [0, 0.05) is 30.6 Å². The highest BCUT2D eigenvalue weighted by atomic mass is 16.5. The predicted octanol–water partition coefficient (Wildman–Crippen LogP) is 2.66. The molecule has 1 atom stereocenters. The van der Waals surface area contributed by atoms with Crippen LogP contribution in [0.25, 0.3) is 0 Å². The molecule has 1 saturated heterocycles. The van der Waals surface area contributed by atoms with Crippen molar-refractivity contribution in [3.05, 3.63) is 29.3 Å². The molecule has 4 nitrogen and oxygen atoms in total. The molecule has 0 aliphatic carbocycles. The van der Waals surface area contributed by atoms with Gasteiger partial charge in [0.15, 0.2) is 0 Å². The number of hydrogen-bond acceptors (Lipinski definition) is 3. The van der Waals surface area contributed by atoms with Crippen molar-refractivity contribution in [3.63, 3.8) is 0 Å². The number of benzene rings is 1. The molecule has 0 radical (unpaired) electrons. The number of nitrogens with zero attached hydrogens (tertiary/aromatic N) is 1. The van der Waals surface area contributed by atoms with Crippen molar-refractivity contribution >= 4 is 12.2 Å². The van der Waals surface area contributed by atoms with Crippen LogP contribution in [0.3, 0.4) is 0 Å². The van der Waals surface area contributed by atoms with E-state index in [0.717, 1.165) is 37.0 Å². The smallest absolute Gasteiger partial charge is 0.223 e. The summed E-state index contributed by atoms with van der Waals surface area (Å²) in [6.07, 6.45) is 3.65. The number of carbonyl (C=O) groups excluding carboxylic acids is 2. The average Bonchev–Trinajstić information content (AvgIpc) is 2.79. The summed E-state index contributed by atoms with van der Waals surface area (Å²) in [5.41, 5.74) is 1.50. The first-order chi connectivity index (χ1) is 9.67. The van der Waals surface area contributed by atoms with Crippen molar-refractivity contribution in [3.8, 4) is 5.75 Å². The van der Waals surface area contributed by atoms with E-state index in [9.17, 15) is 9.59 Å². The topological polar surface area (TPSA) is 46.6 Å². The largest absolute Gasteiger partial charge is 0.496 e. The third-order valence-electron chi connectivity index (χ3n) is 3.79. The Balaban J connectivity index is 2.13. The molecule has 0 bridgehead atoms. The highest BCUT2D eigenvalue weighted by Crippen LogP contribution is 2.27. The highest BCUT2D eigenvalue weighted by molar-refractivity contribution is 5.79. The first-order valence-corrected chi connectivity index (χ1v) is 7.07. The molecule has 0 spiro atoms. The van der Waals surface area contributed by atoms with E-state index in [1.165, 1.54) is 0 Å². The standard InChI is InChI=1S/C16H21NO3/c1-3-4-12-8-16(19)17(9-12)10-14-7-13(11-18)5-6-15(14)20-2/h5-7,11-12H,3-4,8-10H2,1-2H3. The third kappa shape index (κ3) is 3.18. The van der Waals surface area contributed by atoms with Gasteiger partial charge < -0.3 is 9.64 Å². The van der Waals surface area contributed by atoms with E-state index >= 15 is 0 Å². The molecule has 0 aromatic heterocycles. The maximum absolute atomic E-state index is 12.0. The molecule has 1 unspecified atom stereocenters. The minimum absolute atomic E-state index is 0.196. The Morgan fingerprint density at radius 2 is 2.25 bits per heavy atom. The van der Waals surface area contributed by atoms with Crippen LogP contribution in [0.4, 0.5) is 0 Å². The number of carbonyl (C=O) groups is 2. The lowest BCUT2D eigenvalue weighted by molar-refractivity contribution is -0.128. The van der Waals surface area contributed by atoms with Crippen LogP contribution in [0.5, 0.6) is 5.75 Å². The van der Waals surface area contributed by atoms with Gasteiger partial charge in [0.25, 0.3) is 0 Å². The van der Waals surface area contributed by atoms with Crippen molar-refractivity contribution < 1.29 is 14.3 Å². The van der Waals surface area contributed by atoms with Crippen LogP contribution in [0.2, 0.25) is 0 Å². The molecule has 1 aliphatic heterocycles. The summed E-state index contributed by atoms with van der Waals surface area (Å²) in [6.45, 7) is 3.47. The monoisotopic (exact) mass is 275 g/mol. The normalized spacial score (nSPS) is 18.4. The van der Waals surface area contributed by atoms with Crippen LogP contribution in [-0.4, -0.2) is 30.7 Å². The molecular weight excluding hydrogens is 254 g/mol. The van der Waals surface area contributed by atoms with Crippen molar-refractivity contribution in [2.75, 3.05) is 13.7 Å². The molecule has 0 N–H and O–H groups in total. The third-order valence-corrected chi connectivity index (χ3v) is 3.79. The molecule has 0 saturated carbocycles. The molecule has 2 rings (SSSR count). The Bertz CT molecular complexity index is 498. The molecule has 1 aromatic carbocycles. The van der Waals surface area contributed by atoms with Crippen LogP contribution in [0.15, 0.2) is 18.2 Å². The lowest BCUT2D eigenvalue weighted by atomic mass is 10.0. The van der Waals surface area contributed by atoms with Crippen LogP contribution >= 0.6 is 0 Å². The predicted molar refractivity (Wildman–Crippen MR) is 76.8 cm³/mol. The van der Waals surface area contributed by atoms with Crippen LogP contribution in [-0.2, 0) is 11.3 Å². The van der Waals surface area contributed by atoms with Crippen molar-refractivity contribution in [2.24, 2.45) is 5.92 Å². The minimum Gasteiger partial charge on any atom is -0.496 e. The van der Waals surface area contributed by atoms with Gasteiger partial charge in [-0.2, -0.15) is 0 Å². The van der Waals surface area contributed by atoms with Crippen molar-refractivity contribution in [1.82, 2.24) is 4.90 Å². The van der Waals surface area contributed by atoms with E-state index in [1.807, 2.05) is 4.90 Å². The average molecular weight is 275 g/mol. The van der Waals surface area contributed by atoms with Gasteiger partial charge in [-0.25, -0.2) is 0 Å². The summed E-state index contributed by atoms with van der Waals surface area (Å²) >= 11 is 0. The summed E-state index contributed by atoms with van der Waals surface area (Å²) in [6, 6.07) is 5.30. The van der Waals surface area contributed by atoms with Gasteiger partial charge in [0.05, 0.1) is 7.11 Å². The zero-order valence-electron chi connectivity index (χ0n) is 12.1. The number of ether oxygens (including phenoxy) is 1. The fourth-order valence-electron chi connectivity index (χ4n) is 2.81. The summed E-state index contributed by atoms with van der Waals surface area (Å²) in [5.74, 6) is 1.39. The molecule has 4 heteroatoms. The van der Waals surface area contributed by atoms with Gasteiger partial charge in [-0.3, -0.25) is 9.59 Å². The van der Waals surface area contributed by atoms with E-state index in [1.54, 1.807) is 25.3 Å². The van der Waals surface area contributed by atoms with Gasteiger partial charge in [-0.05, 0) is 30.5 Å². The first kappa shape index (κ1) is 14.6. The number of rotatable bonds is 6. The van der Waals surface area contributed by atoms with E-state index in [4.69, 9.17) is 4.74 Å². The number of aldehydes is 1. The second-order valence-corrected chi connectivity index (χ2v) is 5.32. The van der Waals surface area contributed by atoms with Gasteiger partial charge in [0.2, 0.25) is 5.91 Å². The van der Waals surface area contributed by atoms with Crippen molar-refractivity contribution in [1.29, 1.82) is 0 Å². The number of methoxy groups -OCH3 is 1. The van der Waals surface area contributed by atoms with E-state index in [0.29, 0.717) is 24.4 Å². The quantitative estimate of drug-likeness (QED) is 0.750. The Kier molecular flexibility index (Phi) is 4.77. The molecule has 1 aromatic rings. The second kappa shape index (κ2) is 6.55. The fourth-order valence-corrected chi connectivity index (χ4v) is 2.81. The molecule has 1 amide bonds. The number of likely N-dealkylation sites (tertiary alicyclic amines) is 1. The fraction of sp³-hybridized carbons (Fsp3) is 0.500. The molecule has 108 valence electrons. The van der Waals surface area contributed by atoms with Gasteiger partial charge in [-0.1, -0.05) is 13.3 Å². The van der Waals surface area contributed by atoms with Gasteiger partial charge >= 0.3 is 0 Å². The lowest BCUT2D eigenvalue weighted by Gasteiger charge is -2.18. The molecule has 20 heavy (non-hydrogen) atoms. The maximum atomic E-state index is 12.0. The van der Waals surface area contributed by atoms with E-state index in [-0.39, 0.29) is 5.91 Å². The molecular formula is C16H21NO3. The number of hydrogen-bond donors (Lipinski definition) is 0. The Morgan fingerprint density at radius 3 is 2.90 bits per heavy atom. The van der Waals surface area contributed by atoms with E-state index in [2.05, 4.69) is 6.92 Å². The summed E-state index contributed by atoms with van der Waals surface area (Å²) in [7, 11) is 1.60. The number of amides is 1. The van der Waals surface area contributed by atoms with Gasteiger partial charge in [0.1, 0.15) is 12.0 Å². The van der Waals surface area contributed by atoms with Gasteiger partial charge in [-0.15, -0.1) is 0 Å². The molecule has 1 aliphatic rings. The Labute approximate surface area is 119 Å². The first-order valence-electron chi connectivity index (χ1n) is 7.07. The Morgan fingerprint density at radius 1 is 1.45 bits per heavy atom. The summed E-state index contributed by atoms with van der Waals surface area (Å²) in [5, 5.41) is 0. The zero-order chi connectivity index (χ0) is 14.5. The van der Waals surface area contributed by atoms with Crippen LogP contribution in [0.1, 0.15) is 42.1 Å². The lowest BCUT2D eigenvalue weighted by Crippen LogP contribution is -2.25. The summed E-state index contributed by atoms with van der Waals surface area (Å²) in [4.78, 5) is 24.8. The van der Waals surface area contributed by atoms with Crippen LogP contribution in [0, 0.1) is 5.92 Å². The molecule has 1 fully saturated rings. The Hall–Kier alpha value is -1.84. The minimum atomic E-state index is 0.196. The van der Waals surface area contributed by atoms with E-state index < -0.39 is 0 Å². The zero-order valence-corrected chi connectivity index (χ0v) is 12.1. The second-order valence-electron chi connectivity index (χ2n) is 5.32.